The molecule has 0 unspecified atom stereocenters. The summed E-state index contributed by atoms with van der Waals surface area (Å²) >= 11 is 0. The van der Waals surface area contributed by atoms with Crippen molar-refractivity contribution in [1.29, 1.82) is 0 Å². The van der Waals surface area contributed by atoms with Crippen LogP contribution < -0.4 is 5.32 Å². The van der Waals surface area contributed by atoms with Crippen molar-refractivity contribution < 1.29 is 4.79 Å². The molecule has 2 aliphatic carbocycles. The molecule has 2 saturated carbocycles. The van der Waals surface area contributed by atoms with Crippen molar-refractivity contribution in [2.24, 2.45) is 5.92 Å². The lowest BCUT2D eigenvalue weighted by Gasteiger charge is -2.08. The summed E-state index contributed by atoms with van der Waals surface area (Å²) in [6, 6.07) is 0. The van der Waals surface area contributed by atoms with Crippen LogP contribution in [0.2, 0.25) is 0 Å². The second kappa shape index (κ2) is 4.47. The van der Waals surface area contributed by atoms with Crippen LogP contribution in [0, 0.1) is 5.92 Å². The van der Waals surface area contributed by atoms with Crippen molar-refractivity contribution >= 4 is 5.91 Å². The Morgan fingerprint density at radius 3 is 2.76 bits per heavy atom. The van der Waals surface area contributed by atoms with E-state index in [0.29, 0.717) is 17.7 Å². The Morgan fingerprint density at radius 2 is 2.06 bits per heavy atom. The summed E-state index contributed by atoms with van der Waals surface area (Å²) in [6.07, 6.45) is 7.40. The first-order valence-corrected chi connectivity index (χ1v) is 6.53. The molecular formula is C12H18N4O. The number of hydrogen-bond donors (Lipinski definition) is 2. The van der Waals surface area contributed by atoms with E-state index in [2.05, 4.69) is 20.5 Å². The summed E-state index contributed by atoms with van der Waals surface area (Å²) in [5, 5.41) is 9.76. The second-order valence-corrected chi connectivity index (χ2v) is 5.18. The molecule has 5 nitrogen and oxygen atoms in total. The first-order chi connectivity index (χ1) is 8.33. The number of aromatic nitrogens is 3. The maximum atomic E-state index is 11.8. The maximum absolute atomic E-state index is 11.8. The van der Waals surface area contributed by atoms with E-state index in [-0.39, 0.29) is 5.91 Å². The van der Waals surface area contributed by atoms with Crippen LogP contribution in [0.3, 0.4) is 0 Å². The van der Waals surface area contributed by atoms with Crippen LogP contribution in [-0.4, -0.2) is 27.6 Å². The van der Waals surface area contributed by atoms with Crippen LogP contribution in [-0.2, 0) is 0 Å². The third-order valence-corrected chi connectivity index (χ3v) is 3.70. The van der Waals surface area contributed by atoms with Crippen LogP contribution in [0.1, 0.15) is 60.9 Å². The molecule has 0 atom stereocenters. The molecule has 0 aliphatic heterocycles. The van der Waals surface area contributed by atoms with Gasteiger partial charge in [0, 0.05) is 12.5 Å². The normalized spacial score (nSPS) is 20.7. The largest absolute Gasteiger partial charge is 0.349 e. The van der Waals surface area contributed by atoms with Gasteiger partial charge in [0.2, 0.25) is 5.82 Å². The molecule has 17 heavy (non-hydrogen) atoms. The molecule has 0 spiro atoms. The number of rotatable bonds is 4. The molecule has 0 aromatic carbocycles. The monoisotopic (exact) mass is 234 g/mol. The Kier molecular flexibility index (Phi) is 2.82. The molecule has 1 aromatic heterocycles. The summed E-state index contributed by atoms with van der Waals surface area (Å²) in [5.41, 5.74) is 0. The third kappa shape index (κ3) is 2.48. The van der Waals surface area contributed by atoms with Crippen molar-refractivity contribution in [3.8, 4) is 0 Å². The van der Waals surface area contributed by atoms with E-state index in [1.54, 1.807) is 0 Å². The number of amides is 1. The Labute approximate surface area is 100 Å². The van der Waals surface area contributed by atoms with E-state index in [1.165, 1.54) is 38.5 Å². The maximum Gasteiger partial charge on any atom is 0.290 e. The minimum absolute atomic E-state index is 0.139. The standard InChI is InChI=1S/C12H18N4O/c17-12(13-7-8-3-1-2-4-8)11-14-10(15-16-11)9-5-6-9/h8-9H,1-7H2,(H,13,17)(H,14,15,16). The predicted octanol–water partition coefficient (Wildman–Crippen LogP) is 1.60. The van der Waals surface area contributed by atoms with E-state index in [1.807, 2.05) is 0 Å². The second-order valence-electron chi connectivity index (χ2n) is 5.18. The molecule has 1 aromatic rings. The van der Waals surface area contributed by atoms with Crippen LogP contribution in [0.4, 0.5) is 0 Å². The minimum atomic E-state index is -0.139. The van der Waals surface area contributed by atoms with Gasteiger partial charge in [-0.05, 0) is 31.6 Å². The van der Waals surface area contributed by atoms with Gasteiger partial charge in [0.25, 0.3) is 5.91 Å². The molecule has 5 heteroatoms. The van der Waals surface area contributed by atoms with Crippen LogP contribution >= 0.6 is 0 Å². The Balaban J connectivity index is 1.53. The number of aromatic amines is 1. The Bertz CT molecular complexity index is 404. The molecule has 1 heterocycles. The summed E-state index contributed by atoms with van der Waals surface area (Å²) in [7, 11) is 0. The van der Waals surface area contributed by atoms with Crippen molar-refractivity contribution in [2.75, 3.05) is 6.54 Å². The first kappa shape index (κ1) is 10.7. The van der Waals surface area contributed by atoms with Gasteiger partial charge < -0.3 is 5.32 Å². The first-order valence-electron chi connectivity index (χ1n) is 6.53. The van der Waals surface area contributed by atoms with Gasteiger partial charge in [-0.15, -0.1) is 5.10 Å². The van der Waals surface area contributed by atoms with Gasteiger partial charge in [-0.1, -0.05) is 12.8 Å². The van der Waals surface area contributed by atoms with Crippen LogP contribution in [0.15, 0.2) is 0 Å². The summed E-state index contributed by atoms with van der Waals surface area (Å²) in [6.45, 7) is 0.770. The average molecular weight is 234 g/mol. The minimum Gasteiger partial charge on any atom is -0.349 e. The lowest BCUT2D eigenvalue weighted by molar-refractivity contribution is 0.0937. The topological polar surface area (TPSA) is 70.7 Å². The SMILES string of the molecule is O=C(NCC1CCCC1)c1n[nH]c(C2CC2)n1. The quantitative estimate of drug-likeness (QED) is 0.831. The molecule has 92 valence electrons. The number of hydrogen-bond acceptors (Lipinski definition) is 3. The molecule has 2 N–H and O–H groups in total. The van der Waals surface area contributed by atoms with E-state index >= 15 is 0 Å². The van der Waals surface area contributed by atoms with Gasteiger partial charge in [0.05, 0.1) is 0 Å². The number of nitrogens with one attached hydrogen (secondary N) is 2. The molecule has 0 radical (unpaired) electrons. The van der Waals surface area contributed by atoms with Gasteiger partial charge in [0.1, 0.15) is 5.82 Å². The van der Waals surface area contributed by atoms with Crippen LogP contribution in [0.25, 0.3) is 0 Å². The molecule has 2 aliphatic rings. The highest BCUT2D eigenvalue weighted by atomic mass is 16.2. The molecule has 3 rings (SSSR count). The lowest BCUT2D eigenvalue weighted by atomic mass is 10.1. The van der Waals surface area contributed by atoms with E-state index in [9.17, 15) is 4.79 Å². The van der Waals surface area contributed by atoms with E-state index in [0.717, 1.165) is 12.4 Å². The highest BCUT2D eigenvalue weighted by Gasteiger charge is 2.28. The number of carbonyl (C=O) groups excluding carboxylic acids is 1. The van der Waals surface area contributed by atoms with E-state index < -0.39 is 0 Å². The Hall–Kier alpha value is -1.39. The van der Waals surface area contributed by atoms with Crippen molar-refractivity contribution in [3.05, 3.63) is 11.6 Å². The summed E-state index contributed by atoms with van der Waals surface area (Å²) in [5.74, 6) is 2.20. The zero-order chi connectivity index (χ0) is 11.7. The molecule has 2 fully saturated rings. The zero-order valence-electron chi connectivity index (χ0n) is 9.91. The zero-order valence-corrected chi connectivity index (χ0v) is 9.91. The lowest BCUT2D eigenvalue weighted by Crippen LogP contribution is -2.29. The van der Waals surface area contributed by atoms with Crippen LogP contribution in [0.5, 0.6) is 0 Å². The van der Waals surface area contributed by atoms with Gasteiger partial charge >= 0.3 is 0 Å². The van der Waals surface area contributed by atoms with Gasteiger partial charge in [-0.3, -0.25) is 9.89 Å². The van der Waals surface area contributed by atoms with E-state index in [4.69, 9.17) is 0 Å². The average Bonchev–Trinajstić information content (AvgIpc) is 2.88. The van der Waals surface area contributed by atoms with Gasteiger partial charge in [-0.2, -0.15) is 0 Å². The van der Waals surface area contributed by atoms with Gasteiger partial charge in [-0.25, -0.2) is 4.98 Å². The highest BCUT2D eigenvalue weighted by Crippen LogP contribution is 2.37. The number of carbonyl (C=O) groups is 1. The predicted molar refractivity (Wildman–Crippen MR) is 62.6 cm³/mol. The summed E-state index contributed by atoms with van der Waals surface area (Å²) in [4.78, 5) is 16.0. The fourth-order valence-electron chi connectivity index (χ4n) is 2.45. The van der Waals surface area contributed by atoms with Gasteiger partial charge in [0.15, 0.2) is 0 Å². The Morgan fingerprint density at radius 1 is 1.29 bits per heavy atom. The highest BCUT2D eigenvalue weighted by molar-refractivity contribution is 5.90. The fraction of sp³-hybridized carbons (Fsp3) is 0.750. The van der Waals surface area contributed by atoms with Crippen molar-refractivity contribution in [1.82, 2.24) is 20.5 Å². The fourth-order valence-corrected chi connectivity index (χ4v) is 2.45. The molecular weight excluding hydrogens is 216 g/mol. The van der Waals surface area contributed by atoms with Crippen molar-refractivity contribution in [2.45, 2.75) is 44.4 Å². The molecule has 1 amide bonds. The number of nitrogens with zero attached hydrogens (tertiary/aromatic N) is 2. The smallest absolute Gasteiger partial charge is 0.290 e. The van der Waals surface area contributed by atoms with Crippen molar-refractivity contribution in [3.63, 3.8) is 0 Å². The number of H-pyrrole nitrogens is 1. The third-order valence-electron chi connectivity index (χ3n) is 3.70. The summed E-state index contributed by atoms with van der Waals surface area (Å²) < 4.78 is 0. The molecule has 0 saturated heterocycles. The molecule has 0 bridgehead atoms.